The summed E-state index contributed by atoms with van der Waals surface area (Å²) < 4.78 is 0. The quantitative estimate of drug-likeness (QED) is 0.769. The number of nitrogens with one attached hydrogen (secondary N) is 1. The third kappa shape index (κ3) is 1.47. The molecule has 92 valence electrons. The topological polar surface area (TPSA) is 12.0 Å². The Morgan fingerprint density at radius 3 is 2.25 bits per heavy atom. The molecule has 0 heterocycles. The Labute approximate surface area is 100 Å². The van der Waals surface area contributed by atoms with E-state index in [0.29, 0.717) is 0 Å². The van der Waals surface area contributed by atoms with Gasteiger partial charge in [-0.1, -0.05) is 20.8 Å². The average Bonchev–Trinajstić information content (AvgIpc) is 2.22. The van der Waals surface area contributed by atoms with Gasteiger partial charge in [0.25, 0.3) is 0 Å². The van der Waals surface area contributed by atoms with E-state index in [2.05, 4.69) is 26.1 Å². The van der Waals surface area contributed by atoms with Gasteiger partial charge in [0.2, 0.25) is 0 Å². The maximum Gasteiger partial charge on any atom is 0.0124 e. The molecule has 2 unspecified atom stereocenters. The highest BCUT2D eigenvalue weighted by Crippen LogP contribution is 2.62. The van der Waals surface area contributed by atoms with Gasteiger partial charge in [-0.05, 0) is 67.7 Å². The van der Waals surface area contributed by atoms with Crippen LogP contribution >= 0.6 is 0 Å². The second-order valence-electron chi connectivity index (χ2n) is 7.07. The summed E-state index contributed by atoms with van der Waals surface area (Å²) in [5.41, 5.74) is 0.739. The van der Waals surface area contributed by atoms with Crippen LogP contribution in [-0.4, -0.2) is 12.6 Å². The molecule has 4 aliphatic carbocycles. The molecule has 0 saturated heterocycles. The molecule has 4 aliphatic rings. The highest BCUT2D eigenvalue weighted by atomic mass is 14.9. The van der Waals surface area contributed by atoms with Gasteiger partial charge in [0, 0.05) is 6.04 Å². The molecular formula is C15H27N. The zero-order valence-corrected chi connectivity index (χ0v) is 11.1. The fourth-order valence-electron chi connectivity index (χ4n) is 5.36. The molecule has 0 aromatic carbocycles. The first-order valence-electron chi connectivity index (χ1n) is 7.38. The second kappa shape index (κ2) is 3.73. The Morgan fingerprint density at radius 2 is 1.75 bits per heavy atom. The van der Waals surface area contributed by atoms with E-state index in [1.54, 1.807) is 6.42 Å². The first kappa shape index (κ1) is 11.1. The van der Waals surface area contributed by atoms with Crippen molar-refractivity contribution in [3.05, 3.63) is 0 Å². The summed E-state index contributed by atoms with van der Waals surface area (Å²) in [6.45, 7) is 8.37. The van der Waals surface area contributed by atoms with Gasteiger partial charge in [-0.2, -0.15) is 0 Å². The van der Waals surface area contributed by atoms with Gasteiger partial charge < -0.3 is 5.32 Å². The van der Waals surface area contributed by atoms with Crippen molar-refractivity contribution in [2.75, 3.05) is 6.54 Å². The van der Waals surface area contributed by atoms with Crippen molar-refractivity contribution in [2.24, 2.45) is 29.1 Å². The van der Waals surface area contributed by atoms with E-state index in [-0.39, 0.29) is 0 Å². The lowest BCUT2D eigenvalue weighted by molar-refractivity contribution is -0.0989. The maximum atomic E-state index is 3.78. The molecule has 0 aromatic heterocycles. The molecule has 1 N–H and O–H groups in total. The summed E-state index contributed by atoms with van der Waals surface area (Å²) in [5.74, 6) is 4.00. The highest BCUT2D eigenvalue weighted by molar-refractivity contribution is 5.07. The fraction of sp³-hybridized carbons (Fsp3) is 1.00. The highest BCUT2D eigenvalue weighted by Gasteiger charge is 2.55. The summed E-state index contributed by atoms with van der Waals surface area (Å²) in [4.78, 5) is 0. The van der Waals surface area contributed by atoms with Gasteiger partial charge in [0.05, 0.1) is 0 Å². The van der Waals surface area contributed by atoms with Crippen molar-refractivity contribution in [1.82, 2.24) is 5.32 Å². The zero-order chi connectivity index (χ0) is 11.3. The molecule has 4 fully saturated rings. The summed E-state index contributed by atoms with van der Waals surface area (Å²) in [6.07, 6.45) is 7.66. The van der Waals surface area contributed by atoms with Crippen molar-refractivity contribution in [2.45, 2.75) is 58.9 Å². The molecule has 2 atom stereocenters. The van der Waals surface area contributed by atoms with E-state index in [1.807, 2.05) is 0 Å². The lowest BCUT2D eigenvalue weighted by atomic mass is 9.45. The first-order chi connectivity index (χ1) is 7.64. The van der Waals surface area contributed by atoms with E-state index in [4.69, 9.17) is 0 Å². The molecule has 0 amide bonds. The largest absolute Gasteiger partial charge is 0.314 e. The fourth-order valence-corrected chi connectivity index (χ4v) is 5.36. The van der Waals surface area contributed by atoms with Crippen molar-refractivity contribution in [1.29, 1.82) is 0 Å². The Morgan fingerprint density at radius 1 is 1.12 bits per heavy atom. The Bertz CT molecular complexity index is 255. The summed E-state index contributed by atoms with van der Waals surface area (Å²) in [7, 11) is 0. The summed E-state index contributed by atoms with van der Waals surface area (Å²) >= 11 is 0. The predicted molar refractivity (Wildman–Crippen MR) is 68.3 cm³/mol. The monoisotopic (exact) mass is 221 g/mol. The molecule has 0 spiro atoms. The van der Waals surface area contributed by atoms with Crippen LogP contribution in [0.1, 0.15) is 52.9 Å². The van der Waals surface area contributed by atoms with E-state index in [1.165, 1.54) is 25.7 Å². The van der Waals surface area contributed by atoms with Crippen LogP contribution in [0.3, 0.4) is 0 Å². The van der Waals surface area contributed by atoms with Crippen molar-refractivity contribution in [3.8, 4) is 0 Å². The van der Waals surface area contributed by atoms with Gasteiger partial charge in [-0.15, -0.1) is 0 Å². The number of rotatable bonds is 3. The smallest absolute Gasteiger partial charge is 0.0124 e. The summed E-state index contributed by atoms with van der Waals surface area (Å²) in [6, 6.07) is 0.869. The number of hydrogen-bond donors (Lipinski definition) is 1. The van der Waals surface area contributed by atoms with Gasteiger partial charge >= 0.3 is 0 Å². The molecule has 1 nitrogen and oxygen atoms in total. The van der Waals surface area contributed by atoms with E-state index in [0.717, 1.165) is 41.7 Å². The van der Waals surface area contributed by atoms with Crippen molar-refractivity contribution in [3.63, 3.8) is 0 Å². The standard InChI is InChI=1S/C15H27N/c1-4-16-14-12-5-11-6-13(14)9-15(7-11,8-12)10(2)3/h10-14,16H,4-9H2,1-3H3. The molecule has 4 bridgehead atoms. The molecule has 4 saturated carbocycles. The Hall–Kier alpha value is -0.0400. The van der Waals surface area contributed by atoms with Gasteiger partial charge in [-0.25, -0.2) is 0 Å². The van der Waals surface area contributed by atoms with Crippen LogP contribution in [-0.2, 0) is 0 Å². The molecule has 4 rings (SSSR count). The molecule has 1 heteroatoms. The van der Waals surface area contributed by atoms with Crippen LogP contribution in [0.2, 0.25) is 0 Å². The second-order valence-corrected chi connectivity index (χ2v) is 7.07. The first-order valence-corrected chi connectivity index (χ1v) is 7.38. The lowest BCUT2D eigenvalue weighted by Crippen LogP contribution is -2.59. The van der Waals surface area contributed by atoms with Crippen molar-refractivity contribution >= 4 is 0 Å². The Kier molecular flexibility index (Phi) is 2.58. The molecular weight excluding hydrogens is 194 g/mol. The molecule has 0 aliphatic heterocycles. The minimum absolute atomic E-state index is 0.739. The van der Waals surface area contributed by atoms with Gasteiger partial charge in [0.1, 0.15) is 0 Å². The van der Waals surface area contributed by atoms with Crippen LogP contribution in [0, 0.1) is 29.1 Å². The maximum absolute atomic E-state index is 3.78. The molecule has 0 radical (unpaired) electrons. The normalized spacial score (nSPS) is 50.2. The van der Waals surface area contributed by atoms with Crippen molar-refractivity contribution < 1.29 is 0 Å². The number of hydrogen-bond acceptors (Lipinski definition) is 1. The van der Waals surface area contributed by atoms with Crippen LogP contribution in [0.15, 0.2) is 0 Å². The lowest BCUT2D eigenvalue weighted by Gasteiger charge is -2.62. The Balaban J connectivity index is 1.83. The van der Waals surface area contributed by atoms with Gasteiger partial charge in [0.15, 0.2) is 0 Å². The van der Waals surface area contributed by atoms with Crippen LogP contribution in [0.25, 0.3) is 0 Å². The third-order valence-electron chi connectivity index (χ3n) is 5.99. The van der Waals surface area contributed by atoms with Crippen LogP contribution in [0.4, 0.5) is 0 Å². The van der Waals surface area contributed by atoms with Gasteiger partial charge in [-0.3, -0.25) is 0 Å². The minimum atomic E-state index is 0.739. The predicted octanol–water partition coefficient (Wildman–Crippen LogP) is 3.45. The minimum Gasteiger partial charge on any atom is -0.314 e. The van der Waals surface area contributed by atoms with Crippen LogP contribution in [0.5, 0.6) is 0 Å². The van der Waals surface area contributed by atoms with E-state index >= 15 is 0 Å². The zero-order valence-electron chi connectivity index (χ0n) is 11.1. The van der Waals surface area contributed by atoms with E-state index < -0.39 is 0 Å². The molecule has 0 aromatic rings. The SMILES string of the molecule is CCNC1C2CC3CC1CC(C(C)C)(C3)C2. The van der Waals surface area contributed by atoms with E-state index in [9.17, 15) is 0 Å². The average molecular weight is 221 g/mol. The third-order valence-corrected chi connectivity index (χ3v) is 5.99. The summed E-state index contributed by atoms with van der Waals surface area (Å²) in [5, 5.41) is 3.78. The van der Waals surface area contributed by atoms with Crippen LogP contribution < -0.4 is 5.32 Å². The molecule has 16 heavy (non-hydrogen) atoms.